The highest BCUT2D eigenvalue weighted by Gasteiger charge is 2.31. The summed E-state index contributed by atoms with van der Waals surface area (Å²) in [4.78, 5) is 26.5. The number of pyridine rings is 1. The van der Waals surface area contributed by atoms with Gasteiger partial charge >= 0.3 is 0 Å². The van der Waals surface area contributed by atoms with E-state index in [9.17, 15) is 4.79 Å². The van der Waals surface area contributed by atoms with Gasteiger partial charge in [-0.05, 0) is 25.0 Å². The van der Waals surface area contributed by atoms with Crippen molar-refractivity contribution in [3.63, 3.8) is 0 Å². The molecule has 2 aromatic heterocycles. The van der Waals surface area contributed by atoms with Crippen molar-refractivity contribution in [3.8, 4) is 5.75 Å². The van der Waals surface area contributed by atoms with E-state index in [4.69, 9.17) is 4.74 Å². The number of likely N-dealkylation sites (tertiary alicyclic amines) is 1. The van der Waals surface area contributed by atoms with Gasteiger partial charge in [0.1, 0.15) is 5.75 Å². The minimum atomic E-state index is -0.0352. The van der Waals surface area contributed by atoms with Crippen molar-refractivity contribution in [2.24, 2.45) is 0 Å². The van der Waals surface area contributed by atoms with Crippen LogP contribution < -0.4 is 4.74 Å². The second-order valence-corrected chi connectivity index (χ2v) is 4.85. The Bertz CT molecular complexity index is 591. The van der Waals surface area contributed by atoms with Crippen LogP contribution >= 0.6 is 0 Å². The fraction of sp³-hybridized carbons (Fsp3) is 0.333. The van der Waals surface area contributed by atoms with Crippen LogP contribution in [0, 0.1) is 0 Å². The van der Waals surface area contributed by atoms with Crippen LogP contribution in [-0.2, 0) is 4.79 Å². The highest BCUT2D eigenvalue weighted by atomic mass is 16.5. The average Bonchev–Trinajstić information content (AvgIpc) is 3.04. The second kappa shape index (κ2) is 6.30. The Morgan fingerprint density at radius 1 is 1.29 bits per heavy atom. The van der Waals surface area contributed by atoms with Crippen LogP contribution in [0.25, 0.3) is 0 Å². The molecular weight excluding hydrogens is 268 g/mol. The van der Waals surface area contributed by atoms with E-state index in [2.05, 4.69) is 15.0 Å². The predicted molar refractivity (Wildman–Crippen MR) is 75.5 cm³/mol. The molecule has 6 heteroatoms. The summed E-state index contributed by atoms with van der Waals surface area (Å²) in [7, 11) is 0. The van der Waals surface area contributed by atoms with Crippen molar-refractivity contribution in [3.05, 3.63) is 48.8 Å². The van der Waals surface area contributed by atoms with Gasteiger partial charge in [0.25, 0.3) is 5.91 Å². The van der Waals surface area contributed by atoms with Gasteiger partial charge in [0.05, 0.1) is 24.1 Å². The van der Waals surface area contributed by atoms with E-state index in [1.165, 1.54) is 0 Å². The number of hydrogen-bond acceptors (Lipinski definition) is 5. The van der Waals surface area contributed by atoms with Gasteiger partial charge in [-0.15, -0.1) is 0 Å². The van der Waals surface area contributed by atoms with Gasteiger partial charge in [-0.3, -0.25) is 19.7 Å². The largest absolute Gasteiger partial charge is 0.482 e. The van der Waals surface area contributed by atoms with E-state index in [1.807, 2.05) is 4.90 Å². The first-order valence-electron chi connectivity index (χ1n) is 6.93. The molecule has 3 heterocycles. The highest BCUT2D eigenvalue weighted by Crippen LogP contribution is 2.30. The summed E-state index contributed by atoms with van der Waals surface area (Å²) in [6, 6.07) is 3.56. The standard InChI is InChI=1S/C15H16N4O2/c20-15(11-21-12-3-1-5-16-9-12)19-8-2-4-14(19)13-10-17-6-7-18-13/h1,3,5-7,9-10,14H,2,4,8,11H2/t14-/m1/s1. The van der Waals surface area contributed by atoms with E-state index in [0.29, 0.717) is 5.75 Å². The first-order chi connectivity index (χ1) is 10.3. The van der Waals surface area contributed by atoms with Crippen LogP contribution in [0.15, 0.2) is 43.1 Å². The molecule has 1 aliphatic rings. The van der Waals surface area contributed by atoms with Gasteiger partial charge < -0.3 is 9.64 Å². The molecule has 6 nitrogen and oxygen atoms in total. The summed E-state index contributed by atoms with van der Waals surface area (Å²) in [5.41, 5.74) is 0.838. The van der Waals surface area contributed by atoms with E-state index < -0.39 is 0 Å². The molecule has 1 fully saturated rings. The SMILES string of the molecule is O=C(COc1cccnc1)N1CCC[C@@H]1c1cnccn1. The number of carbonyl (C=O) groups is 1. The van der Waals surface area contributed by atoms with Crippen molar-refractivity contribution >= 4 is 5.91 Å². The molecule has 0 aliphatic carbocycles. The lowest BCUT2D eigenvalue weighted by atomic mass is 10.1. The van der Waals surface area contributed by atoms with Crippen molar-refractivity contribution in [1.82, 2.24) is 19.9 Å². The molecule has 21 heavy (non-hydrogen) atoms. The summed E-state index contributed by atoms with van der Waals surface area (Å²) in [6.45, 7) is 0.749. The molecule has 1 atom stereocenters. The predicted octanol–water partition coefficient (Wildman–Crippen LogP) is 1.61. The van der Waals surface area contributed by atoms with Crippen molar-refractivity contribution in [2.75, 3.05) is 13.2 Å². The number of ether oxygens (including phenoxy) is 1. The smallest absolute Gasteiger partial charge is 0.261 e. The number of carbonyl (C=O) groups excluding carboxylic acids is 1. The summed E-state index contributed by atoms with van der Waals surface area (Å²) in [5.74, 6) is 0.563. The number of amides is 1. The van der Waals surface area contributed by atoms with Gasteiger partial charge in [0.15, 0.2) is 6.61 Å². The molecule has 1 aliphatic heterocycles. The van der Waals surface area contributed by atoms with Crippen molar-refractivity contribution in [1.29, 1.82) is 0 Å². The third kappa shape index (κ3) is 3.16. The van der Waals surface area contributed by atoms with Crippen LogP contribution in [0.5, 0.6) is 5.75 Å². The Kier molecular flexibility index (Phi) is 4.04. The molecule has 1 saturated heterocycles. The zero-order valence-electron chi connectivity index (χ0n) is 11.6. The molecule has 0 aromatic carbocycles. The fourth-order valence-electron chi connectivity index (χ4n) is 2.52. The molecule has 3 rings (SSSR count). The molecule has 1 amide bonds. The third-order valence-corrected chi connectivity index (χ3v) is 3.49. The van der Waals surface area contributed by atoms with E-state index >= 15 is 0 Å². The minimum absolute atomic E-state index is 0.00342. The zero-order valence-corrected chi connectivity index (χ0v) is 11.6. The van der Waals surface area contributed by atoms with Crippen LogP contribution in [0.1, 0.15) is 24.6 Å². The maximum atomic E-state index is 12.3. The number of rotatable bonds is 4. The van der Waals surface area contributed by atoms with Gasteiger partial charge in [0, 0.05) is 25.1 Å². The Morgan fingerprint density at radius 3 is 2.95 bits per heavy atom. The Morgan fingerprint density at radius 2 is 2.19 bits per heavy atom. The number of hydrogen-bond donors (Lipinski definition) is 0. The summed E-state index contributed by atoms with van der Waals surface area (Å²) < 4.78 is 5.47. The van der Waals surface area contributed by atoms with Gasteiger partial charge in [0.2, 0.25) is 0 Å². The summed E-state index contributed by atoms with van der Waals surface area (Å²) in [5, 5.41) is 0. The molecule has 0 saturated carbocycles. The number of nitrogens with zero attached hydrogens (tertiary/aromatic N) is 4. The second-order valence-electron chi connectivity index (χ2n) is 4.85. The minimum Gasteiger partial charge on any atom is -0.482 e. The van der Waals surface area contributed by atoms with Gasteiger partial charge in [-0.25, -0.2) is 0 Å². The van der Waals surface area contributed by atoms with Crippen molar-refractivity contribution in [2.45, 2.75) is 18.9 Å². The normalized spacial score (nSPS) is 17.7. The van der Waals surface area contributed by atoms with E-state index in [0.717, 1.165) is 25.1 Å². The Hall–Kier alpha value is -2.50. The van der Waals surface area contributed by atoms with Crippen molar-refractivity contribution < 1.29 is 9.53 Å². The lowest BCUT2D eigenvalue weighted by Gasteiger charge is -2.24. The quantitative estimate of drug-likeness (QED) is 0.853. The lowest BCUT2D eigenvalue weighted by Crippen LogP contribution is -2.34. The molecule has 108 valence electrons. The van der Waals surface area contributed by atoms with Gasteiger partial charge in [-0.2, -0.15) is 0 Å². The maximum Gasteiger partial charge on any atom is 0.261 e. The first-order valence-corrected chi connectivity index (χ1v) is 6.93. The molecule has 0 spiro atoms. The monoisotopic (exact) mass is 284 g/mol. The molecule has 0 unspecified atom stereocenters. The molecular formula is C15H16N4O2. The van der Waals surface area contributed by atoms with E-state index in [1.54, 1.807) is 43.1 Å². The van der Waals surface area contributed by atoms with Crippen LogP contribution in [0.2, 0.25) is 0 Å². The Labute approximate surface area is 122 Å². The molecule has 0 bridgehead atoms. The number of aromatic nitrogens is 3. The van der Waals surface area contributed by atoms with Crippen LogP contribution in [0.3, 0.4) is 0 Å². The van der Waals surface area contributed by atoms with Gasteiger partial charge in [-0.1, -0.05) is 0 Å². The van der Waals surface area contributed by atoms with Crippen LogP contribution in [-0.4, -0.2) is 38.9 Å². The topological polar surface area (TPSA) is 68.2 Å². The third-order valence-electron chi connectivity index (χ3n) is 3.49. The Balaban J connectivity index is 1.64. The average molecular weight is 284 g/mol. The fourth-order valence-corrected chi connectivity index (χ4v) is 2.52. The summed E-state index contributed by atoms with van der Waals surface area (Å²) in [6.07, 6.45) is 10.2. The lowest BCUT2D eigenvalue weighted by molar-refractivity contribution is -0.134. The molecule has 2 aromatic rings. The molecule has 0 radical (unpaired) electrons. The highest BCUT2D eigenvalue weighted by molar-refractivity contribution is 5.78. The molecule has 0 N–H and O–H groups in total. The maximum absolute atomic E-state index is 12.3. The summed E-state index contributed by atoms with van der Waals surface area (Å²) >= 11 is 0. The van der Waals surface area contributed by atoms with Crippen LogP contribution in [0.4, 0.5) is 0 Å². The zero-order chi connectivity index (χ0) is 14.5. The van der Waals surface area contributed by atoms with E-state index in [-0.39, 0.29) is 18.6 Å². The first kappa shape index (κ1) is 13.5.